The fraction of sp³-hybridized carbons (Fsp3) is 0.444. The van der Waals surface area contributed by atoms with Gasteiger partial charge in [-0.2, -0.15) is 0 Å². The molecule has 6 heteroatoms. The van der Waals surface area contributed by atoms with Crippen molar-refractivity contribution in [3.8, 4) is 11.5 Å². The molecular formula is C18H25N3O3. The number of nitrogens with zero attached hydrogens (tertiary/aromatic N) is 1. The first-order valence-corrected chi connectivity index (χ1v) is 8.14. The molecule has 0 bridgehead atoms. The van der Waals surface area contributed by atoms with Crippen LogP contribution >= 0.6 is 0 Å². The van der Waals surface area contributed by atoms with Gasteiger partial charge in [-0.15, -0.1) is 0 Å². The Kier molecular flexibility index (Phi) is 5.98. The summed E-state index contributed by atoms with van der Waals surface area (Å²) in [5, 5.41) is 14.7. The van der Waals surface area contributed by atoms with Crippen molar-refractivity contribution < 1.29 is 14.3 Å². The molecule has 6 nitrogen and oxygen atoms in total. The largest absolute Gasteiger partial charge is 0.444 e. The molecule has 1 atom stereocenters. The maximum Gasteiger partial charge on any atom is 0.315 e. The minimum absolute atomic E-state index is 0.0355. The molecule has 130 valence electrons. The third kappa shape index (κ3) is 4.83. The molecule has 0 spiro atoms. The van der Waals surface area contributed by atoms with E-state index in [1.165, 1.54) is 5.56 Å². The quantitative estimate of drug-likeness (QED) is 0.728. The summed E-state index contributed by atoms with van der Waals surface area (Å²) in [4.78, 5) is 16.4. The third-order valence-corrected chi connectivity index (χ3v) is 4.14. The molecule has 0 saturated heterocycles. The summed E-state index contributed by atoms with van der Waals surface area (Å²) in [5.41, 5.74) is 2.31. The fourth-order valence-corrected chi connectivity index (χ4v) is 2.28. The number of benzene rings is 1. The molecule has 24 heavy (non-hydrogen) atoms. The predicted octanol–water partition coefficient (Wildman–Crippen LogP) is 3.00. The lowest BCUT2D eigenvalue weighted by Gasteiger charge is -2.28. The Balaban J connectivity index is 1.91. The zero-order chi connectivity index (χ0) is 17.6. The lowest BCUT2D eigenvalue weighted by molar-refractivity contribution is 0.200. The highest BCUT2D eigenvalue weighted by Crippen LogP contribution is 2.19. The van der Waals surface area contributed by atoms with Gasteiger partial charge in [-0.05, 0) is 38.8 Å². The van der Waals surface area contributed by atoms with E-state index >= 15 is 0 Å². The molecule has 1 aromatic heterocycles. The van der Waals surface area contributed by atoms with Crippen LogP contribution in [0.1, 0.15) is 37.9 Å². The van der Waals surface area contributed by atoms with Gasteiger partial charge in [0.1, 0.15) is 6.26 Å². The fourth-order valence-electron chi connectivity index (χ4n) is 2.28. The lowest BCUT2D eigenvalue weighted by Crippen LogP contribution is -2.50. The number of aliphatic hydroxyl groups is 1. The molecule has 1 unspecified atom stereocenters. The normalized spacial score (nSPS) is 13.3. The number of carbonyl (C=O) groups excluding carboxylic acids is 1. The van der Waals surface area contributed by atoms with Crippen LogP contribution in [0.2, 0.25) is 0 Å². The Hall–Kier alpha value is -2.34. The topological polar surface area (TPSA) is 87.4 Å². The van der Waals surface area contributed by atoms with E-state index in [4.69, 9.17) is 9.52 Å². The van der Waals surface area contributed by atoms with E-state index < -0.39 is 5.54 Å². The molecule has 1 heterocycles. The molecule has 0 saturated carbocycles. The molecule has 1 aromatic carbocycles. The molecule has 0 aliphatic heterocycles. The number of urea groups is 1. The van der Waals surface area contributed by atoms with Gasteiger partial charge < -0.3 is 20.2 Å². The zero-order valence-electron chi connectivity index (χ0n) is 14.4. The van der Waals surface area contributed by atoms with Crippen molar-refractivity contribution in [3.63, 3.8) is 0 Å². The lowest BCUT2D eigenvalue weighted by atomic mass is 9.95. The van der Waals surface area contributed by atoms with Crippen molar-refractivity contribution in [1.82, 2.24) is 15.6 Å². The van der Waals surface area contributed by atoms with Gasteiger partial charge >= 0.3 is 6.03 Å². The van der Waals surface area contributed by atoms with E-state index in [1.807, 2.05) is 45.0 Å². The van der Waals surface area contributed by atoms with Crippen LogP contribution in [0.5, 0.6) is 0 Å². The molecule has 0 fully saturated rings. The van der Waals surface area contributed by atoms with Crippen LogP contribution in [-0.2, 0) is 6.54 Å². The number of amides is 2. The minimum Gasteiger partial charge on any atom is -0.444 e. The minimum atomic E-state index is -0.421. The Morgan fingerprint density at radius 1 is 1.33 bits per heavy atom. The molecule has 0 aliphatic carbocycles. The second-order valence-corrected chi connectivity index (χ2v) is 6.21. The number of oxazole rings is 1. The average Bonchev–Trinajstić information content (AvgIpc) is 3.03. The van der Waals surface area contributed by atoms with Crippen molar-refractivity contribution in [1.29, 1.82) is 0 Å². The van der Waals surface area contributed by atoms with Gasteiger partial charge in [0, 0.05) is 17.7 Å². The van der Waals surface area contributed by atoms with E-state index in [2.05, 4.69) is 15.6 Å². The smallest absolute Gasteiger partial charge is 0.315 e. The number of hydrogen-bond acceptors (Lipinski definition) is 4. The highest BCUT2D eigenvalue weighted by molar-refractivity contribution is 5.74. The molecule has 0 aliphatic rings. The van der Waals surface area contributed by atoms with E-state index in [-0.39, 0.29) is 19.2 Å². The van der Waals surface area contributed by atoms with Gasteiger partial charge in [0.05, 0.1) is 12.2 Å². The predicted molar refractivity (Wildman–Crippen MR) is 92.4 cm³/mol. The van der Waals surface area contributed by atoms with Crippen LogP contribution in [0.3, 0.4) is 0 Å². The first kappa shape index (κ1) is 18.0. The van der Waals surface area contributed by atoms with Crippen LogP contribution in [0.15, 0.2) is 34.9 Å². The number of hydrogen-bond donors (Lipinski definition) is 3. The second-order valence-electron chi connectivity index (χ2n) is 6.21. The number of aromatic nitrogens is 1. The summed E-state index contributed by atoms with van der Waals surface area (Å²) in [7, 11) is 0. The van der Waals surface area contributed by atoms with Crippen LogP contribution in [0.4, 0.5) is 4.79 Å². The molecule has 2 aromatic rings. The molecular weight excluding hydrogens is 306 g/mol. The Morgan fingerprint density at radius 2 is 2.04 bits per heavy atom. The van der Waals surface area contributed by atoms with E-state index in [1.54, 1.807) is 6.26 Å². The van der Waals surface area contributed by atoms with Gasteiger partial charge in [0.2, 0.25) is 5.89 Å². The van der Waals surface area contributed by atoms with Crippen LogP contribution < -0.4 is 10.6 Å². The van der Waals surface area contributed by atoms with Gasteiger partial charge in [-0.25, -0.2) is 9.78 Å². The summed E-state index contributed by atoms with van der Waals surface area (Å²) < 4.78 is 5.47. The number of rotatable bonds is 7. The van der Waals surface area contributed by atoms with Crippen molar-refractivity contribution in [2.24, 2.45) is 0 Å². The maximum atomic E-state index is 12.0. The number of aliphatic hydroxyl groups excluding tert-OH is 1. The first-order valence-electron chi connectivity index (χ1n) is 8.14. The molecule has 3 N–H and O–H groups in total. The Labute approximate surface area is 142 Å². The summed E-state index contributed by atoms with van der Waals surface area (Å²) in [5.74, 6) is 0.533. The van der Waals surface area contributed by atoms with E-state index in [9.17, 15) is 4.79 Å². The summed E-state index contributed by atoms with van der Waals surface area (Å²) in [6, 6.07) is 7.61. The number of nitrogens with one attached hydrogen (secondary N) is 2. The standard InChI is InChI=1S/C18H25N3O3/c1-4-18(3,9-10-22)21-17(23)19-11-15-12-24-16(20-15)14-7-5-13(2)6-8-14/h5-8,12,22H,4,9-11H2,1-3H3,(H2,19,21,23). The van der Waals surface area contributed by atoms with Gasteiger partial charge in [0.25, 0.3) is 0 Å². The summed E-state index contributed by atoms with van der Waals surface area (Å²) in [6.45, 7) is 6.22. The second kappa shape index (κ2) is 7.97. The SMILES string of the molecule is CCC(C)(CCO)NC(=O)NCc1coc(-c2ccc(C)cc2)n1. The molecule has 2 amide bonds. The number of aryl methyl sites for hydroxylation is 1. The number of carbonyl (C=O) groups is 1. The van der Waals surface area contributed by atoms with Gasteiger partial charge in [-0.3, -0.25) is 0 Å². The molecule has 0 radical (unpaired) electrons. The summed E-state index contributed by atoms with van der Waals surface area (Å²) in [6.07, 6.45) is 2.79. The van der Waals surface area contributed by atoms with E-state index in [0.717, 1.165) is 12.0 Å². The van der Waals surface area contributed by atoms with Crippen molar-refractivity contribution in [3.05, 3.63) is 41.8 Å². The van der Waals surface area contributed by atoms with E-state index in [0.29, 0.717) is 18.0 Å². The van der Waals surface area contributed by atoms with Crippen LogP contribution in [0.25, 0.3) is 11.5 Å². The van der Waals surface area contributed by atoms with Gasteiger partial charge in [-0.1, -0.05) is 24.6 Å². The monoisotopic (exact) mass is 331 g/mol. The Bertz CT molecular complexity index is 666. The van der Waals surface area contributed by atoms with Crippen LogP contribution in [-0.4, -0.2) is 28.3 Å². The van der Waals surface area contributed by atoms with Crippen molar-refractivity contribution in [2.75, 3.05) is 6.61 Å². The molecule has 2 rings (SSSR count). The van der Waals surface area contributed by atoms with Gasteiger partial charge in [0.15, 0.2) is 0 Å². The first-order chi connectivity index (χ1) is 11.5. The highest BCUT2D eigenvalue weighted by atomic mass is 16.3. The summed E-state index contributed by atoms with van der Waals surface area (Å²) >= 11 is 0. The Morgan fingerprint density at radius 3 is 2.67 bits per heavy atom. The zero-order valence-corrected chi connectivity index (χ0v) is 14.4. The van der Waals surface area contributed by atoms with Crippen molar-refractivity contribution in [2.45, 2.75) is 45.7 Å². The van der Waals surface area contributed by atoms with Crippen molar-refractivity contribution >= 4 is 6.03 Å². The van der Waals surface area contributed by atoms with Crippen LogP contribution in [0, 0.1) is 6.92 Å². The maximum absolute atomic E-state index is 12.0. The highest BCUT2D eigenvalue weighted by Gasteiger charge is 2.23. The third-order valence-electron chi connectivity index (χ3n) is 4.14. The average molecular weight is 331 g/mol.